The highest BCUT2D eigenvalue weighted by Crippen LogP contribution is 2.63. The molecule has 3 fully saturated rings. The first-order chi connectivity index (χ1) is 27.7. The molecule has 3 nitrogen and oxygen atoms in total. The Hall–Kier alpha value is -4.80. The summed E-state index contributed by atoms with van der Waals surface area (Å²) in [5.41, 5.74) is 16.5. The largest absolute Gasteiger partial charge is 0.396 e. The van der Waals surface area contributed by atoms with Gasteiger partial charge in [0.25, 0.3) is 0 Å². The Balaban J connectivity index is 0.000000131. The van der Waals surface area contributed by atoms with Crippen LogP contribution in [-0.2, 0) is 0 Å². The SMILES string of the molecule is Cc1cccc(C)c1[C@@H]1[C@@H](CO)[C@@H]1c1ccccc1.Cc1cccc(C)c1[C@@H]1[C@@H](CO)[C@@H]1c1ccccc1.Cc1cccc(C)c1[C@@H]1[C@@H](CO)[C@@H]1c1ccccc1. The van der Waals surface area contributed by atoms with Crippen LogP contribution in [0.15, 0.2) is 146 Å². The third-order valence-corrected chi connectivity index (χ3v) is 13.3. The molecule has 0 heterocycles. The van der Waals surface area contributed by atoms with Crippen molar-refractivity contribution in [3.05, 3.63) is 212 Å². The summed E-state index contributed by atoms with van der Waals surface area (Å²) < 4.78 is 0. The zero-order valence-electron chi connectivity index (χ0n) is 34.5. The van der Waals surface area contributed by atoms with Gasteiger partial charge in [0.2, 0.25) is 0 Å². The van der Waals surface area contributed by atoms with E-state index in [1.165, 1.54) is 66.8 Å². The molecule has 3 N–H and O–H groups in total. The number of rotatable bonds is 9. The van der Waals surface area contributed by atoms with Crippen LogP contribution in [0.5, 0.6) is 0 Å². The number of aryl methyl sites for hydroxylation is 6. The van der Waals surface area contributed by atoms with E-state index in [1.54, 1.807) is 0 Å². The van der Waals surface area contributed by atoms with Gasteiger partial charge < -0.3 is 15.3 Å². The molecule has 9 rings (SSSR count). The molecule has 0 aliphatic heterocycles. The first kappa shape index (κ1) is 40.4. The van der Waals surface area contributed by atoms with E-state index < -0.39 is 0 Å². The van der Waals surface area contributed by atoms with Gasteiger partial charge in [-0.3, -0.25) is 0 Å². The monoisotopic (exact) mass is 756 g/mol. The molecule has 3 aliphatic rings. The fraction of sp³-hybridized carbons (Fsp3) is 0.333. The van der Waals surface area contributed by atoms with E-state index in [1.807, 2.05) is 18.2 Å². The van der Waals surface area contributed by atoms with Crippen LogP contribution in [0.1, 0.15) is 102 Å². The van der Waals surface area contributed by atoms with Crippen LogP contribution in [0.3, 0.4) is 0 Å². The van der Waals surface area contributed by atoms with Gasteiger partial charge in [-0.15, -0.1) is 0 Å². The molecule has 0 aromatic heterocycles. The number of hydrogen-bond donors (Lipinski definition) is 3. The van der Waals surface area contributed by atoms with Crippen molar-refractivity contribution < 1.29 is 15.3 Å². The molecule has 6 aromatic carbocycles. The van der Waals surface area contributed by atoms with E-state index in [4.69, 9.17) is 0 Å². The third-order valence-electron chi connectivity index (χ3n) is 13.3. The molecule has 294 valence electrons. The van der Waals surface area contributed by atoms with Crippen molar-refractivity contribution in [1.82, 2.24) is 0 Å². The normalized spacial score (nSPS) is 25.3. The number of aliphatic hydroxyl groups excluding tert-OH is 3. The van der Waals surface area contributed by atoms with Crippen molar-refractivity contribution in [3.63, 3.8) is 0 Å². The Morgan fingerprint density at radius 1 is 0.281 bits per heavy atom. The number of hydrogen-bond acceptors (Lipinski definition) is 3. The molecule has 0 bridgehead atoms. The lowest BCUT2D eigenvalue weighted by Gasteiger charge is -2.09. The minimum Gasteiger partial charge on any atom is -0.396 e. The Morgan fingerprint density at radius 3 is 0.684 bits per heavy atom. The van der Waals surface area contributed by atoms with Crippen molar-refractivity contribution in [3.8, 4) is 0 Å². The molecule has 3 aliphatic carbocycles. The highest BCUT2D eigenvalue weighted by molar-refractivity contribution is 5.49. The van der Waals surface area contributed by atoms with Gasteiger partial charge in [-0.2, -0.15) is 0 Å². The quantitative estimate of drug-likeness (QED) is 0.138. The van der Waals surface area contributed by atoms with Gasteiger partial charge in [-0.25, -0.2) is 0 Å². The molecular formula is C54H60O3. The minimum absolute atomic E-state index is 0.276. The highest BCUT2D eigenvalue weighted by Gasteiger charge is 2.53. The smallest absolute Gasteiger partial charge is 0.0471 e. The second-order valence-corrected chi connectivity index (χ2v) is 16.8. The average molecular weight is 757 g/mol. The van der Waals surface area contributed by atoms with Gasteiger partial charge in [0.15, 0.2) is 0 Å². The van der Waals surface area contributed by atoms with Gasteiger partial charge in [0, 0.05) is 19.8 Å². The third kappa shape index (κ3) is 8.44. The Labute approximate surface area is 341 Å². The van der Waals surface area contributed by atoms with Gasteiger partial charge in [-0.05, 0) is 162 Å². The molecule has 3 heteroatoms. The lowest BCUT2D eigenvalue weighted by Crippen LogP contribution is -1.94. The topological polar surface area (TPSA) is 60.7 Å². The molecule has 0 radical (unpaired) electrons. The zero-order valence-corrected chi connectivity index (χ0v) is 34.5. The summed E-state index contributed by atoms with van der Waals surface area (Å²) in [6.45, 7) is 13.9. The summed E-state index contributed by atoms with van der Waals surface area (Å²) in [5.74, 6) is 4.00. The van der Waals surface area contributed by atoms with Gasteiger partial charge in [0.1, 0.15) is 0 Å². The highest BCUT2D eigenvalue weighted by atomic mass is 16.3. The molecule has 0 amide bonds. The first-order valence-corrected chi connectivity index (χ1v) is 20.9. The van der Waals surface area contributed by atoms with Crippen molar-refractivity contribution in [2.75, 3.05) is 19.8 Å². The second kappa shape index (κ2) is 17.8. The summed E-state index contributed by atoms with van der Waals surface area (Å²) >= 11 is 0. The predicted octanol–water partition coefficient (Wildman–Crippen LogP) is 11.4. The van der Waals surface area contributed by atoms with Crippen molar-refractivity contribution in [2.45, 2.75) is 77.0 Å². The minimum atomic E-state index is 0.276. The lowest BCUT2D eigenvalue weighted by molar-refractivity contribution is 0.271. The summed E-state index contributed by atoms with van der Waals surface area (Å²) in [7, 11) is 0. The molecule has 0 unspecified atom stereocenters. The Kier molecular flexibility index (Phi) is 12.6. The standard InChI is InChI=1S/3C18H20O/c3*1-12-7-6-8-13(2)16(12)18-15(11-19)17(18)14-9-4-3-5-10-14/h3*3-10,15,17-19H,11H2,1-2H3/t3*15-,17-,18-/m000/s1. The molecule has 0 spiro atoms. The molecule has 57 heavy (non-hydrogen) atoms. The molecule has 3 saturated carbocycles. The van der Waals surface area contributed by atoms with Crippen LogP contribution in [0.2, 0.25) is 0 Å². The van der Waals surface area contributed by atoms with Crippen LogP contribution in [0, 0.1) is 59.3 Å². The maximum Gasteiger partial charge on any atom is 0.0471 e. The maximum atomic E-state index is 9.65. The molecule has 6 aromatic rings. The summed E-state index contributed by atoms with van der Waals surface area (Å²) in [4.78, 5) is 0. The lowest BCUT2D eigenvalue weighted by atomic mass is 9.96. The summed E-state index contributed by atoms with van der Waals surface area (Å²) in [6, 6.07) is 51.2. The van der Waals surface area contributed by atoms with E-state index in [2.05, 4.69) is 169 Å². The van der Waals surface area contributed by atoms with Crippen molar-refractivity contribution >= 4 is 0 Å². The molecule has 0 saturated heterocycles. The van der Waals surface area contributed by atoms with Crippen molar-refractivity contribution in [2.24, 2.45) is 17.8 Å². The van der Waals surface area contributed by atoms with Gasteiger partial charge >= 0.3 is 0 Å². The Morgan fingerprint density at radius 2 is 0.491 bits per heavy atom. The summed E-state index contributed by atoms with van der Waals surface area (Å²) in [5, 5.41) is 29.0. The average Bonchev–Trinajstić information content (AvgIpc) is 4.17. The molecular weight excluding hydrogens is 697 g/mol. The van der Waals surface area contributed by atoms with E-state index in [0.29, 0.717) is 53.3 Å². The molecule has 9 atom stereocenters. The number of benzene rings is 6. The van der Waals surface area contributed by atoms with Gasteiger partial charge in [0.05, 0.1) is 0 Å². The van der Waals surface area contributed by atoms with E-state index in [9.17, 15) is 15.3 Å². The van der Waals surface area contributed by atoms with Crippen LogP contribution in [0.25, 0.3) is 0 Å². The van der Waals surface area contributed by atoms with Crippen LogP contribution < -0.4 is 0 Å². The van der Waals surface area contributed by atoms with Crippen LogP contribution in [0.4, 0.5) is 0 Å². The predicted molar refractivity (Wildman–Crippen MR) is 235 cm³/mol. The fourth-order valence-electron chi connectivity index (χ4n) is 10.4. The van der Waals surface area contributed by atoms with Crippen LogP contribution in [-0.4, -0.2) is 35.1 Å². The number of aliphatic hydroxyl groups is 3. The zero-order chi connectivity index (χ0) is 40.2. The Bertz CT molecular complexity index is 1910. The fourth-order valence-corrected chi connectivity index (χ4v) is 10.4. The van der Waals surface area contributed by atoms with Crippen molar-refractivity contribution in [1.29, 1.82) is 0 Å². The van der Waals surface area contributed by atoms with E-state index in [0.717, 1.165) is 0 Å². The maximum absolute atomic E-state index is 9.65. The summed E-state index contributed by atoms with van der Waals surface area (Å²) in [6.07, 6.45) is 0. The van der Waals surface area contributed by atoms with Crippen LogP contribution >= 0.6 is 0 Å². The van der Waals surface area contributed by atoms with Gasteiger partial charge in [-0.1, -0.05) is 146 Å². The first-order valence-electron chi connectivity index (χ1n) is 20.9. The second-order valence-electron chi connectivity index (χ2n) is 16.8. The van der Waals surface area contributed by atoms with E-state index in [-0.39, 0.29) is 19.8 Å². The van der Waals surface area contributed by atoms with E-state index >= 15 is 0 Å².